The number of carbonyl (C=O) groups is 1. The van der Waals surface area contributed by atoms with Crippen molar-refractivity contribution < 1.29 is 4.79 Å². The number of rotatable bonds is 3. The van der Waals surface area contributed by atoms with Crippen LogP contribution in [-0.4, -0.2) is 10.9 Å². The fourth-order valence-electron chi connectivity index (χ4n) is 2.20. The van der Waals surface area contributed by atoms with Crippen LogP contribution in [0.1, 0.15) is 10.4 Å². The Morgan fingerprint density at radius 1 is 1.10 bits per heavy atom. The number of carbonyl (C=O) groups excluding carboxylic acids is 1. The summed E-state index contributed by atoms with van der Waals surface area (Å²) in [6, 6.07) is 14.8. The highest BCUT2D eigenvalue weighted by atomic mass is 16.1. The lowest BCUT2D eigenvalue weighted by atomic mass is 10.1. The minimum Gasteiger partial charge on any atom is -0.397 e. The smallest absolute Gasteiger partial charge is 0.250 e. The molecule has 0 atom stereocenters. The molecule has 1 aromatic heterocycles. The van der Waals surface area contributed by atoms with E-state index in [4.69, 9.17) is 11.5 Å². The van der Waals surface area contributed by atoms with Gasteiger partial charge in [-0.05, 0) is 24.3 Å². The van der Waals surface area contributed by atoms with Crippen LogP contribution in [0, 0.1) is 0 Å². The molecule has 5 N–H and O–H groups in total. The highest BCUT2D eigenvalue weighted by Gasteiger charge is 2.11. The molecule has 104 valence electrons. The molecule has 5 nitrogen and oxygen atoms in total. The zero-order valence-corrected chi connectivity index (χ0v) is 11.2. The molecule has 0 bridgehead atoms. The maximum absolute atomic E-state index is 11.5. The fraction of sp³-hybridized carbons (Fsp3) is 0. The summed E-state index contributed by atoms with van der Waals surface area (Å²) in [5, 5.41) is 4.12. The topological polar surface area (TPSA) is 94.0 Å². The predicted octanol–water partition coefficient (Wildman–Crippen LogP) is 2.66. The van der Waals surface area contributed by atoms with Crippen LogP contribution >= 0.6 is 0 Å². The number of benzene rings is 2. The molecule has 3 rings (SSSR count). The number of nitrogen functional groups attached to an aromatic ring is 1. The standard InChI is InChI=1S/C16H14N4O/c17-13-6-3-5-12(16(18)21)15(13)20-11-8-10-4-1-2-7-14(10)19-9-11/h1-9,20H,17H2,(H2,18,21). The van der Waals surface area contributed by atoms with E-state index in [2.05, 4.69) is 10.3 Å². The van der Waals surface area contributed by atoms with Crippen molar-refractivity contribution in [1.82, 2.24) is 4.98 Å². The number of aromatic nitrogens is 1. The molecule has 5 heteroatoms. The number of nitrogens with zero attached hydrogens (tertiary/aromatic N) is 1. The van der Waals surface area contributed by atoms with Crippen molar-refractivity contribution in [3.63, 3.8) is 0 Å². The summed E-state index contributed by atoms with van der Waals surface area (Å²) < 4.78 is 0. The Balaban J connectivity index is 2.04. The quantitative estimate of drug-likeness (QED) is 0.642. The van der Waals surface area contributed by atoms with Crippen LogP contribution in [0.25, 0.3) is 10.9 Å². The summed E-state index contributed by atoms with van der Waals surface area (Å²) in [6.45, 7) is 0. The van der Waals surface area contributed by atoms with Crippen molar-refractivity contribution in [1.29, 1.82) is 0 Å². The van der Waals surface area contributed by atoms with Gasteiger partial charge in [0.25, 0.3) is 5.91 Å². The molecule has 2 aromatic carbocycles. The van der Waals surface area contributed by atoms with Gasteiger partial charge in [0.1, 0.15) is 0 Å². The summed E-state index contributed by atoms with van der Waals surface area (Å²) in [7, 11) is 0. The molecule has 0 radical (unpaired) electrons. The second-order valence-electron chi connectivity index (χ2n) is 4.68. The van der Waals surface area contributed by atoms with E-state index in [0.29, 0.717) is 16.9 Å². The maximum Gasteiger partial charge on any atom is 0.250 e. The summed E-state index contributed by atoms with van der Waals surface area (Å²) in [5.74, 6) is -0.529. The van der Waals surface area contributed by atoms with Crippen LogP contribution in [0.4, 0.5) is 17.1 Å². The zero-order chi connectivity index (χ0) is 14.8. The largest absolute Gasteiger partial charge is 0.397 e. The molecule has 0 fully saturated rings. The molecule has 1 heterocycles. The lowest BCUT2D eigenvalue weighted by molar-refractivity contribution is 0.100. The highest BCUT2D eigenvalue weighted by Crippen LogP contribution is 2.28. The first-order chi connectivity index (χ1) is 10.1. The third-order valence-electron chi connectivity index (χ3n) is 3.22. The first kappa shape index (κ1) is 12.9. The number of hydrogen-bond acceptors (Lipinski definition) is 4. The van der Waals surface area contributed by atoms with Crippen LogP contribution in [0.15, 0.2) is 54.7 Å². The molecule has 0 spiro atoms. The van der Waals surface area contributed by atoms with E-state index in [9.17, 15) is 4.79 Å². The number of nitrogens with two attached hydrogens (primary N) is 2. The second kappa shape index (κ2) is 5.13. The van der Waals surface area contributed by atoms with E-state index < -0.39 is 5.91 Å². The number of fused-ring (bicyclic) bond motifs is 1. The van der Waals surface area contributed by atoms with Crippen molar-refractivity contribution in [3.8, 4) is 0 Å². The first-order valence-electron chi connectivity index (χ1n) is 6.45. The molecular formula is C16H14N4O. The van der Waals surface area contributed by atoms with Gasteiger partial charge >= 0.3 is 0 Å². The average Bonchev–Trinajstić information content (AvgIpc) is 2.49. The van der Waals surface area contributed by atoms with E-state index in [1.807, 2.05) is 30.3 Å². The van der Waals surface area contributed by atoms with Crippen LogP contribution in [0.2, 0.25) is 0 Å². The van der Waals surface area contributed by atoms with Gasteiger partial charge in [-0.3, -0.25) is 9.78 Å². The van der Waals surface area contributed by atoms with Gasteiger partial charge in [-0.2, -0.15) is 0 Å². The lowest BCUT2D eigenvalue weighted by Gasteiger charge is -2.13. The number of pyridine rings is 1. The molecule has 1 amide bonds. The van der Waals surface area contributed by atoms with Crippen molar-refractivity contribution in [3.05, 3.63) is 60.3 Å². The van der Waals surface area contributed by atoms with Gasteiger partial charge in [-0.25, -0.2) is 0 Å². The number of nitrogens with one attached hydrogen (secondary N) is 1. The van der Waals surface area contributed by atoms with Gasteiger partial charge < -0.3 is 16.8 Å². The van der Waals surface area contributed by atoms with Gasteiger partial charge in [0.05, 0.1) is 34.3 Å². The van der Waals surface area contributed by atoms with Crippen LogP contribution in [0.3, 0.4) is 0 Å². The van der Waals surface area contributed by atoms with Crippen molar-refractivity contribution in [2.45, 2.75) is 0 Å². The van der Waals surface area contributed by atoms with Crippen molar-refractivity contribution in [2.24, 2.45) is 5.73 Å². The van der Waals surface area contributed by atoms with E-state index in [-0.39, 0.29) is 0 Å². The average molecular weight is 278 g/mol. The first-order valence-corrected chi connectivity index (χ1v) is 6.45. The molecule has 0 saturated heterocycles. The predicted molar refractivity (Wildman–Crippen MR) is 84.4 cm³/mol. The van der Waals surface area contributed by atoms with Gasteiger partial charge in [0.2, 0.25) is 0 Å². The Labute approximate surface area is 121 Å². The summed E-state index contributed by atoms with van der Waals surface area (Å²) >= 11 is 0. The third kappa shape index (κ3) is 2.49. The van der Waals surface area contributed by atoms with Gasteiger partial charge in [0.15, 0.2) is 0 Å². The molecule has 0 aliphatic carbocycles. The van der Waals surface area contributed by atoms with E-state index >= 15 is 0 Å². The maximum atomic E-state index is 11.5. The number of anilines is 3. The van der Waals surface area contributed by atoms with Crippen LogP contribution in [0.5, 0.6) is 0 Å². The van der Waals surface area contributed by atoms with Gasteiger partial charge in [-0.15, -0.1) is 0 Å². The van der Waals surface area contributed by atoms with Crippen LogP contribution < -0.4 is 16.8 Å². The Bertz CT molecular complexity index is 829. The second-order valence-corrected chi connectivity index (χ2v) is 4.68. The van der Waals surface area contributed by atoms with Gasteiger partial charge in [-0.1, -0.05) is 24.3 Å². The monoisotopic (exact) mass is 278 g/mol. The Hall–Kier alpha value is -3.08. The molecule has 0 unspecified atom stereocenters. The van der Waals surface area contributed by atoms with E-state index in [1.165, 1.54) is 0 Å². The summed E-state index contributed by atoms with van der Waals surface area (Å²) in [4.78, 5) is 15.8. The fourth-order valence-corrected chi connectivity index (χ4v) is 2.20. The number of hydrogen-bond donors (Lipinski definition) is 3. The van der Waals surface area contributed by atoms with Crippen molar-refractivity contribution in [2.75, 3.05) is 11.1 Å². The SMILES string of the molecule is NC(=O)c1cccc(N)c1Nc1cnc2ccccc2c1. The van der Waals surface area contributed by atoms with Gasteiger partial charge in [0, 0.05) is 5.39 Å². The molecule has 0 aliphatic heterocycles. The lowest BCUT2D eigenvalue weighted by Crippen LogP contribution is -2.14. The highest BCUT2D eigenvalue weighted by molar-refractivity contribution is 6.02. The molecule has 3 aromatic rings. The number of primary amides is 1. The summed E-state index contributed by atoms with van der Waals surface area (Å²) in [5.41, 5.74) is 14.3. The Morgan fingerprint density at radius 2 is 1.90 bits per heavy atom. The Kier molecular flexibility index (Phi) is 3.16. The van der Waals surface area contributed by atoms with Crippen LogP contribution in [-0.2, 0) is 0 Å². The molecule has 0 aliphatic rings. The minimum atomic E-state index is -0.529. The van der Waals surface area contributed by atoms with Crippen molar-refractivity contribution >= 4 is 33.9 Å². The number of amides is 1. The zero-order valence-electron chi connectivity index (χ0n) is 11.2. The molecule has 21 heavy (non-hydrogen) atoms. The normalized spacial score (nSPS) is 10.5. The third-order valence-corrected chi connectivity index (χ3v) is 3.22. The summed E-state index contributed by atoms with van der Waals surface area (Å²) in [6.07, 6.45) is 1.69. The van der Waals surface area contributed by atoms with E-state index in [1.54, 1.807) is 24.4 Å². The molecular weight excluding hydrogens is 264 g/mol. The molecule has 0 saturated carbocycles. The number of para-hydroxylation sites is 2. The Morgan fingerprint density at radius 3 is 2.71 bits per heavy atom. The minimum absolute atomic E-state index is 0.350. The van der Waals surface area contributed by atoms with E-state index in [0.717, 1.165) is 16.6 Å².